The van der Waals surface area contributed by atoms with E-state index in [2.05, 4.69) is 11.9 Å². The van der Waals surface area contributed by atoms with Gasteiger partial charge in [-0.2, -0.15) is 0 Å². The van der Waals surface area contributed by atoms with Gasteiger partial charge in [0.1, 0.15) is 6.61 Å². The molecule has 148 valence electrons. The summed E-state index contributed by atoms with van der Waals surface area (Å²) in [4.78, 5) is 26.4. The molecule has 0 saturated heterocycles. The highest BCUT2D eigenvalue weighted by Gasteiger charge is 2.17. The maximum atomic E-state index is 12.7. The lowest BCUT2D eigenvalue weighted by Gasteiger charge is -2.18. The van der Waals surface area contributed by atoms with Crippen LogP contribution in [0.25, 0.3) is 0 Å². The van der Waals surface area contributed by atoms with Crippen LogP contribution >= 0.6 is 0 Å². The number of carbonyl (C=O) groups is 2. The third-order valence-corrected chi connectivity index (χ3v) is 4.17. The Kier molecular flexibility index (Phi) is 7.63. The number of ether oxygens (including phenoxy) is 2. The summed E-state index contributed by atoms with van der Waals surface area (Å²) in [7, 11) is 3.09. The molecule has 0 atom stereocenters. The first-order chi connectivity index (χ1) is 13.5. The molecule has 0 unspecified atom stereocenters. The van der Waals surface area contributed by atoms with Gasteiger partial charge in [0.25, 0.3) is 5.91 Å². The topological polar surface area (TPSA) is 67.9 Å². The molecule has 2 aromatic carbocycles. The van der Waals surface area contributed by atoms with E-state index in [4.69, 9.17) is 9.47 Å². The standard InChI is InChI=1S/C22H26N2O4/c1-5-13-28-19-12-11-17(14-20(19)27-4)22(26)24(3)15-21(25)23-18-10-8-7-9-16(18)6-2/h5,7-12,14H,1,6,13,15H2,2-4H3,(H,23,25). The molecule has 28 heavy (non-hydrogen) atoms. The van der Waals surface area contributed by atoms with E-state index >= 15 is 0 Å². The van der Waals surface area contributed by atoms with Crippen molar-refractivity contribution >= 4 is 17.5 Å². The van der Waals surface area contributed by atoms with E-state index in [9.17, 15) is 9.59 Å². The molecule has 0 aliphatic heterocycles. The normalized spacial score (nSPS) is 10.1. The first kappa shape index (κ1) is 21.0. The van der Waals surface area contributed by atoms with Crippen LogP contribution in [-0.2, 0) is 11.2 Å². The van der Waals surface area contributed by atoms with Crippen LogP contribution in [0, 0.1) is 0 Å². The van der Waals surface area contributed by atoms with Crippen molar-refractivity contribution in [2.24, 2.45) is 0 Å². The molecule has 2 aromatic rings. The van der Waals surface area contributed by atoms with Gasteiger partial charge in [0.05, 0.1) is 13.7 Å². The van der Waals surface area contributed by atoms with Gasteiger partial charge < -0.3 is 19.7 Å². The molecule has 6 heteroatoms. The van der Waals surface area contributed by atoms with E-state index in [-0.39, 0.29) is 18.4 Å². The molecular weight excluding hydrogens is 356 g/mol. The maximum Gasteiger partial charge on any atom is 0.254 e. The van der Waals surface area contributed by atoms with Crippen molar-refractivity contribution in [3.8, 4) is 11.5 Å². The Bertz CT molecular complexity index is 848. The minimum absolute atomic E-state index is 0.0616. The average molecular weight is 382 g/mol. The van der Waals surface area contributed by atoms with Gasteiger partial charge in [-0.15, -0.1) is 0 Å². The van der Waals surface area contributed by atoms with Gasteiger partial charge >= 0.3 is 0 Å². The lowest BCUT2D eigenvalue weighted by molar-refractivity contribution is -0.116. The molecule has 0 aliphatic rings. The Labute approximate surface area is 165 Å². The number of aryl methyl sites for hydroxylation is 1. The molecule has 0 bridgehead atoms. The highest BCUT2D eigenvalue weighted by molar-refractivity contribution is 5.99. The van der Waals surface area contributed by atoms with E-state index < -0.39 is 0 Å². The number of methoxy groups -OCH3 is 1. The molecule has 0 aliphatic carbocycles. The molecule has 1 N–H and O–H groups in total. The highest BCUT2D eigenvalue weighted by atomic mass is 16.5. The van der Waals surface area contributed by atoms with Crippen LogP contribution in [0.1, 0.15) is 22.8 Å². The van der Waals surface area contributed by atoms with Crippen LogP contribution in [0.2, 0.25) is 0 Å². The summed E-state index contributed by atoms with van der Waals surface area (Å²) in [6.45, 7) is 5.90. The lowest BCUT2D eigenvalue weighted by atomic mass is 10.1. The Morgan fingerprint density at radius 2 is 1.93 bits per heavy atom. The summed E-state index contributed by atoms with van der Waals surface area (Å²) in [6, 6.07) is 12.5. The quantitative estimate of drug-likeness (QED) is 0.674. The van der Waals surface area contributed by atoms with Gasteiger partial charge in [-0.25, -0.2) is 0 Å². The maximum absolute atomic E-state index is 12.7. The fourth-order valence-corrected chi connectivity index (χ4v) is 2.72. The number of anilines is 1. The van der Waals surface area contributed by atoms with Crippen LogP contribution in [0.3, 0.4) is 0 Å². The van der Waals surface area contributed by atoms with E-state index in [1.165, 1.54) is 12.0 Å². The van der Waals surface area contributed by atoms with Crippen molar-refractivity contribution in [1.29, 1.82) is 0 Å². The summed E-state index contributed by atoms with van der Waals surface area (Å²) in [5.41, 5.74) is 2.22. The summed E-state index contributed by atoms with van der Waals surface area (Å²) in [5, 5.41) is 2.87. The number of rotatable bonds is 9. The van der Waals surface area contributed by atoms with Crippen molar-refractivity contribution in [3.63, 3.8) is 0 Å². The van der Waals surface area contributed by atoms with Crippen molar-refractivity contribution in [2.45, 2.75) is 13.3 Å². The monoisotopic (exact) mass is 382 g/mol. The molecule has 0 aromatic heterocycles. The van der Waals surface area contributed by atoms with Crippen molar-refractivity contribution < 1.29 is 19.1 Å². The lowest BCUT2D eigenvalue weighted by Crippen LogP contribution is -2.35. The van der Waals surface area contributed by atoms with Gasteiger partial charge in [-0.3, -0.25) is 9.59 Å². The molecular formula is C22H26N2O4. The summed E-state index contributed by atoms with van der Waals surface area (Å²) in [5.74, 6) is 0.431. The Morgan fingerprint density at radius 3 is 2.61 bits per heavy atom. The largest absolute Gasteiger partial charge is 0.493 e. The van der Waals surface area contributed by atoms with Crippen LogP contribution in [0.5, 0.6) is 11.5 Å². The second kappa shape index (κ2) is 10.2. The number of carbonyl (C=O) groups excluding carboxylic acids is 2. The number of para-hydroxylation sites is 1. The minimum Gasteiger partial charge on any atom is -0.493 e. The SMILES string of the molecule is C=CCOc1ccc(C(=O)N(C)CC(=O)Nc2ccccc2CC)cc1OC. The number of hydrogen-bond donors (Lipinski definition) is 1. The molecule has 0 fully saturated rings. The van der Waals surface area contributed by atoms with Crippen molar-refractivity contribution in [1.82, 2.24) is 4.90 Å². The molecule has 0 spiro atoms. The molecule has 2 amide bonds. The minimum atomic E-state index is -0.285. The van der Waals surface area contributed by atoms with Gasteiger partial charge in [0.2, 0.25) is 5.91 Å². The van der Waals surface area contributed by atoms with Crippen LogP contribution in [0.15, 0.2) is 55.1 Å². The Morgan fingerprint density at radius 1 is 1.18 bits per heavy atom. The van der Waals surface area contributed by atoms with E-state index in [0.717, 1.165) is 17.7 Å². The third kappa shape index (κ3) is 5.36. The zero-order valence-electron chi connectivity index (χ0n) is 16.5. The fourth-order valence-electron chi connectivity index (χ4n) is 2.72. The molecule has 0 radical (unpaired) electrons. The van der Waals surface area contributed by atoms with Gasteiger partial charge in [-0.1, -0.05) is 37.8 Å². The zero-order chi connectivity index (χ0) is 20.5. The fraction of sp³-hybridized carbons (Fsp3) is 0.273. The molecule has 2 rings (SSSR count). The second-order valence-electron chi connectivity index (χ2n) is 6.19. The van der Waals surface area contributed by atoms with Crippen LogP contribution in [0.4, 0.5) is 5.69 Å². The zero-order valence-corrected chi connectivity index (χ0v) is 16.5. The van der Waals surface area contributed by atoms with Crippen LogP contribution in [-0.4, -0.2) is 44.0 Å². The number of nitrogens with zero attached hydrogens (tertiary/aromatic N) is 1. The van der Waals surface area contributed by atoms with Crippen molar-refractivity contribution in [2.75, 3.05) is 32.6 Å². The Balaban J connectivity index is 2.05. The number of benzene rings is 2. The summed E-state index contributed by atoms with van der Waals surface area (Å²) < 4.78 is 10.8. The number of amides is 2. The second-order valence-corrected chi connectivity index (χ2v) is 6.19. The van der Waals surface area contributed by atoms with E-state index in [0.29, 0.717) is 23.7 Å². The van der Waals surface area contributed by atoms with E-state index in [1.807, 2.05) is 31.2 Å². The number of nitrogens with one attached hydrogen (secondary N) is 1. The average Bonchev–Trinajstić information content (AvgIpc) is 2.71. The first-order valence-corrected chi connectivity index (χ1v) is 9.05. The first-order valence-electron chi connectivity index (χ1n) is 9.05. The molecule has 0 heterocycles. The smallest absolute Gasteiger partial charge is 0.254 e. The third-order valence-electron chi connectivity index (χ3n) is 4.17. The van der Waals surface area contributed by atoms with Crippen molar-refractivity contribution in [3.05, 3.63) is 66.2 Å². The number of hydrogen-bond acceptors (Lipinski definition) is 4. The van der Waals surface area contributed by atoms with Gasteiger partial charge in [0.15, 0.2) is 11.5 Å². The molecule has 0 saturated carbocycles. The predicted octanol–water partition coefficient (Wildman–Crippen LogP) is 3.53. The number of likely N-dealkylation sites (N-methyl/N-ethyl adjacent to an activating group) is 1. The van der Waals surface area contributed by atoms with E-state index in [1.54, 1.807) is 31.3 Å². The van der Waals surface area contributed by atoms with Gasteiger partial charge in [-0.05, 0) is 36.2 Å². The Hall–Kier alpha value is -3.28. The van der Waals surface area contributed by atoms with Gasteiger partial charge in [0, 0.05) is 18.3 Å². The highest BCUT2D eigenvalue weighted by Crippen LogP contribution is 2.28. The summed E-state index contributed by atoms with van der Waals surface area (Å²) >= 11 is 0. The van der Waals surface area contributed by atoms with Crippen LogP contribution < -0.4 is 14.8 Å². The molecule has 6 nitrogen and oxygen atoms in total. The summed E-state index contributed by atoms with van der Waals surface area (Å²) in [6.07, 6.45) is 2.44. The predicted molar refractivity (Wildman–Crippen MR) is 110 cm³/mol.